The van der Waals surface area contributed by atoms with E-state index in [0.29, 0.717) is 6.54 Å². The minimum Gasteiger partial charge on any atom is -0.330 e. The van der Waals surface area contributed by atoms with Gasteiger partial charge in [-0.05, 0) is 31.0 Å². The van der Waals surface area contributed by atoms with E-state index >= 15 is 0 Å². The van der Waals surface area contributed by atoms with Gasteiger partial charge in [0.2, 0.25) is 6.43 Å². The van der Waals surface area contributed by atoms with Crippen LogP contribution in [-0.2, 0) is 6.42 Å². The number of nitrogens with two attached hydrogens (primary N) is 1. The third-order valence-corrected chi connectivity index (χ3v) is 3.12. The van der Waals surface area contributed by atoms with Gasteiger partial charge in [-0.25, -0.2) is 8.78 Å². The van der Waals surface area contributed by atoms with E-state index in [1.165, 1.54) is 11.8 Å². The van der Waals surface area contributed by atoms with Gasteiger partial charge in [-0.1, -0.05) is 18.2 Å². The fourth-order valence-corrected chi connectivity index (χ4v) is 2.13. The van der Waals surface area contributed by atoms with Gasteiger partial charge in [-0.15, -0.1) is 11.8 Å². The molecule has 0 aromatic heterocycles. The molecule has 0 amide bonds. The molecule has 0 heterocycles. The van der Waals surface area contributed by atoms with Crippen molar-refractivity contribution in [2.24, 2.45) is 5.73 Å². The number of rotatable bonds is 6. The summed E-state index contributed by atoms with van der Waals surface area (Å²) in [6.07, 6.45) is -0.493. The van der Waals surface area contributed by atoms with Crippen LogP contribution in [0.15, 0.2) is 29.2 Å². The van der Waals surface area contributed by atoms with Crippen LogP contribution in [0.1, 0.15) is 12.0 Å². The summed E-state index contributed by atoms with van der Waals surface area (Å²) in [5.41, 5.74) is 6.54. The van der Waals surface area contributed by atoms with Crippen molar-refractivity contribution in [3.05, 3.63) is 29.8 Å². The zero-order valence-electron chi connectivity index (χ0n) is 8.46. The molecule has 0 spiro atoms. The monoisotopic (exact) mass is 231 g/mol. The Hall–Kier alpha value is -0.610. The van der Waals surface area contributed by atoms with Crippen molar-refractivity contribution in [2.45, 2.75) is 24.2 Å². The highest BCUT2D eigenvalue weighted by Gasteiger charge is 2.06. The van der Waals surface area contributed by atoms with Crippen LogP contribution in [0.25, 0.3) is 0 Å². The van der Waals surface area contributed by atoms with E-state index in [-0.39, 0.29) is 5.75 Å². The van der Waals surface area contributed by atoms with Crippen molar-refractivity contribution in [2.75, 3.05) is 12.3 Å². The summed E-state index contributed by atoms with van der Waals surface area (Å²) < 4.78 is 24.1. The van der Waals surface area contributed by atoms with Gasteiger partial charge in [0.05, 0.1) is 5.75 Å². The Kier molecular flexibility index (Phi) is 5.65. The highest BCUT2D eigenvalue weighted by atomic mass is 32.2. The van der Waals surface area contributed by atoms with Gasteiger partial charge in [0.15, 0.2) is 0 Å². The number of halogens is 2. The fourth-order valence-electron chi connectivity index (χ4n) is 1.30. The maximum absolute atomic E-state index is 12.1. The molecular weight excluding hydrogens is 216 g/mol. The van der Waals surface area contributed by atoms with Gasteiger partial charge >= 0.3 is 0 Å². The second kappa shape index (κ2) is 6.80. The molecule has 0 saturated heterocycles. The topological polar surface area (TPSA) is 26.0 Å². The minimum absolute atomic E-state index is 0.139. The normalized spacial score (nSPS) is 10.9. The lowest BCUT2D eigenvalue weighted by Crippen LogP contribution is -2.01. The molecule has 0 unspecified atom stereocenters. The number of thioether (sulfide) groups is 1. The van der Waals surface area contributed by atoms with E-state index in [9.17, 15) is 8.78 Å². The van der Waals surface area contributed by atoms with Crippen molar-refractivity contribution in [3.8, 4) is 0 Å². The molecule has 4 heteroatoms. The zero-order chi connectivity index (χ0) is 11.1. The Bertz CT molecular complexity index is 292. The summed E-state index contributed by atoms with van der Waals surface area (Å²) in [6, 6.07) is 7.67. The number of alkyl halides is 2. The molecule has 0 atom stereocenters. The van der Waals surface area contributed by atoms with Crippen LogP contribution in [0.4, 0.5) is 8.78 Å². The molecule has 0 bridgehead atoms. The molecule has 0 aliphatic rings. The molecule has 1 nitrogen and oxygen atoms in total. The van der Waals surface area contributed by atoms with Gasteiger partial charge in [0.1, 0.15) is 0 Å². The summed E-state index contributed by atoms with van der Waals surface area (Å²) in [5.74, 6) is -0.139. The van der Waals surface area contributed by atoms with Crippen LogP contribution in [0.3, 0.4) is 0 Å². The largest absolute Gasteiger partial charge is 0.330 e. The maximum Gasteiger partial charge on any atom is 0.247 e. The third kappa shape index (κ3) is 4.62. The summed E-state index contributed by atoms with van der Waals surface area (Å²) in [5, 5.41) is 0. The Labute approximate surface area is 93.1 Å². The molecule has 84 valence electrons. The predicted octanol–water partition coefficient (Wildman–Crippen LogP) is 2.94. The summed E-state index contributed by atoms with van der Waals surface area (Å²) >= 11 is 1.21. The second-order valence-corrected chi connectivity index (χ2v) is 4.26. The SMILES string of the molecule is NCCCc1ccccc1SCC(F)F. The van der Waals surface area contributed by atoms with Crippen LogP contribution in [0, 0.1) is 0 Å². The smallest absolute Gasteiger partial charge is 0.247 e. The first kappa shape index (κ1) is 12.5. The first-order valence-electron chi connectivity index (χ1n) is 4.93. The number of aryl methyl sites for hydroxylation is 1. The van der Waals surface area contributed by atoms with Gasteiger partial charge < -0.3 is 5.73 Å². The molecule has 15 heavy (non-hydrogen) atoms. The predicted molar refractivity (Wildman–Crippen MR) is 60.5 cm³/mol. The molecule has 0 saturated carbocycles. The zero-order valence-corrected chi connectivity index (χ0v) is 9.27. The first-order chi connectivity index (χ1) is 7.24. The Morgan fingerprint density at radius 3 is 2.67 bits per heavy atom. The fraction of sp³-hybridized carbons (Fsp3) is 0.455. The maximum atomic E-state index is 12.1. The molecule has 1 aromatic rings. The van der Waals surface area contributed by atoms with E-state index < -0.39 is 6.43 Å². The lowest BCUT2D eigenvalue weighted by atomic mass is 10.1. The Morgan fingerprint density at radius 2 is 2.00 bits per heavy atom. The van der Waals surface area contributed by atoms with E-state index in [0.717, 1.165) is 23.3 Å². The second-order valence-electron chi connectivity index (χ2n) is 3.20. The van der Waals surface area contributed by atoms with Crippen molar-refractivity contribution in [1.82, 2.24) is 0 Å². The van der Waals surface area contributed by atoms with Crippen molar-refractivity contribution in [3.63, 3.8) is 0 Å². The van der Waals surface area contributed by atoms with Crippen LogP contribution in [0.2, 0.25) is 0 Å². The number of hydrogen-bond donors (Lipinski definition) is 1. The minimum atomic E-state index is -2.25. The van der Waals surface area contributed by atoms with E-state index in [1.807, 2.05) is 24.3 Å². The summed E-state index contributed by atoms with van der Waals surface area (Å²) in [6.45, 7) is 0.633. The Balaban J connectivity index is 2.59. The Morgan fingerprint density at radius 1 is 1.27 bits per heavy atom. The molecule has 0 aliphatic heterocycles. The quantitative estimate of drug-likeness (QED) is 0.762. The summed E-state index contributed by atoms with van der Waals surface area (Å²) in [7, 11) is 0. The average molecular weight is 231 g/mol. The third-order valence-electron chi connectivity index (χ3n) is 1.99. The van der Waals surface area contributed by atoms with Crippen molar-refractivity contribution < 1.29 is 8.78 Å². The van der Waals surface area contributed by atoms with Crippen LogP contribution in [0.5, 0.6) is 0 Å². The van der Waals surface area contributed by atoms with Gasteiger partial charge in [-0.3, -0.25) is 0 Å². The van der Waals surface area contributed by atoms with Gasteiger partial charge in [-0.2, -0.15) is 0 Å². The molecule has 0 radical (unpaired) electrons. The average Bonchev–Trinajstić information content (AvgIpc) is 2.24. The first-order valence-corrected chi connectivity index (χ1v) is 5.91. The van der Waals surface area contributed by atoms with Gasteiger partial charge in [0.25, 0.3) is 0 Å². The highest BCUT2D eigenvalue weighted by Crippen LogP contribution is 2.25. The van der Waals surface area contributed by atoms with Crippen LogP contribution >= 0.6 is 11.8 Å². The summed E-state index contributed by atoms with van der Waals surface area (Å²) in [4.78, 5) is 0.950. The molecule has 0 aliphatic carbocycles. The molecule has 1 rings (SSSR count). The van der Waals surface area contributed by atoms with Crippen LogP contribution in [-0.4, -0.2) is 18.7 Å². The van der Waals surface area contributed by atoms with Crippen LogP contribution < -0.4 is 5.73 Å². The lowest BCUT2D eigenvalue weighted by Gasteiger charge is -2.07. The van der Waals surface area contributed by atoms with E-state index in [4.69, 9.17) is 5.73 Å². The van der Waals surface area contributed by atoms with Gasteiger partial charge in [0, 0.05) is 4.90 Å². The van der Waals surface area contributed by atoms with Crippen molar-refractivity contribution in [1.29, 1.82) is 0 Å². The molecule has 2 N–H and O–H groups in total. The highest BCUT2D eigenvalue weighted by molar-refractivity contribution is 7.99. The lowest BCUT2D eigenvalue weighted by molar-refractivity contribution is 0.177. The molecular formula is C11H15F2NS. The number of benzene rings is 1. The number of hydrogen-bond acceptors (Lipinski definition) is 2. The van der Waals surface area contributed by atoms with E-state index in [2.05, 4.69) is 0 Å². The molecule has 1 aromatic carbocycles. The standard InChI is InChI=1S/C11H15F2NS/c12-11(13)8-15-10-6-2-1-4-9(10)5-3-7-14/h1-2,4,6,11H,3,5,7-8,14H2. The molecule has 0 fully saturated rings. The van der Waals surface area contributed by atoms with E-state index in [1.54, 1.807) is 0 Å². The van der Waals surface area contributed by atoms with Crippen molar-refractivity contribution >= 4 is 11.8 Å².